The van der Waals surface area contributed by atoms with Crippen molar-refractivity contribution in [3.63, 3.8) is 0 Å². The van der Waals surface area contributed by atoms with Gasteiger partial charge < -0.3 is 14.8 Å². The van der Waals surface area contributed by atoms with Crippen LogP contribution in [0.5, 0.6) is 11.5 Å². The van der Waals surface area contributed by atoms with Gasteiger partial charge in [-0.3, -0.25) is 4.79 Å². The summed E-state index contributed by atoms with van der Waals surface area (Å²) in [6.45, 7) is 0.321. The lowest BCUT2D eigenvalue weighted by Gasteiger charge is -2.24. The summed E-state index contributed by atoms with van der Waals surface area (Å²) in [5.41, 5.74) is 1.41. The van der Waals surface area contributed by atoms with Crippen LogP contribution in [0.2, 0.25) is 0 Å². The Balaban J connectivity index is 1.69. The third-order valence-corrected chi connectivity index (χ3v) is 3.67. The molecule has 2 aromatic rings. The summed E-state index contributed by atoms with van der Waals surface area (Å²) in [5, 5.41) is 2.72. The number of hydrogen-bond acceptors (Lipinski definition) is 3. The highest BCUT2D eigenvalue weighted by atomic mass is 19.1. The number of methoxy groups -OCH3 is 1. The summed E-state index contributed by atoms with van der Waals surface area (Å²) in [6.07, 6.45) is 0.612. The van der Waals surface area contributed by atoms with Crippen LogP contribution in [0.4, 0.5) is 10.1 Å². The number of hydrogen-bond donors (Lipinski definition) is 1. The first-order valence-corrected chi connectivity index (χ1v) is 7.02. The Kier molecular flexibility index (Phi) is 3.96. The predicted octanol–water partition coefficient (Wildman–Crippen LogP) is 3.02. The highest BCUT2D eigenvalue weighted by Crippen LogP contribution is 2.28. The number of carbonyl (C=O) groups is 1. The third kappa shape index (κ3) is 2.88. The number of anilines is 1. The van der Waals surface area contributed by atoms with Crippen LogP contribution in [-0.2, 0) is 11.2 Å². The fourth-order valence-corrected chi connectivity index (χ4v) is 2.48. The van der Waals surface area contributed by atoms with Crippen molar-refractivity contribution in [3.8, 4) is 11.5 Å². The molecule has 1 N–H and O–H groups in total. The minimum Gasteiger partial charge on any atom is -0.494 e. The zero-order valence-electron chi connectivity index (χ0n) is 12.1. The van der Waals surface area contributed by atoms with Gasteiger partial charge in [0.25, 0.3) is 0 Å². The summed E-state index contributed by atoms with van der Waals surface area (Å²) >= 11 is 0. The van der Waals surface area contributed by atoms with Crippen LogP contribution in [-0.4, -0.2) is 19.6 Å². The van der Waals surface area contributed by atoms with E-state index in [1.807, 2.05) is 24.3 Å². The molecule has 0 spiro atoms. The molecule has 2 aromatic carbocycles. The van der Waals surface area contributed by atoms with Gasteiger partial charge in [-0.2, -0.15) is 0 Å². The maximum Gasteiger partial charge on any atom is 0.231 e. The quantitative estimate of drug-likeness (QED) is 0.948. The average molecular weight is 301 g/mol. The van der Waals surface area contributed by atoms with Crippen LogP contribution in [0.1, 0.15) is 5.56 Å². The molecule has 0 saturated carbocycles. The fraction of sp³-hybridized carbons (Fsp3) is 0.235. The van der Waals surface area contributed by atoms with Gasteiger partial charge in [0.2, 0.25) is 5.91 Å². The molecule has 3 rings (SSSR count). The summed E-state index contributed by atoms with van der Waals surface area (Å²) in [4.78, 5) is 12.3. The Bertz CT molecular complexity index is 702. The normalized spacial score (nSPS) is 16.4. The molecule has 114 valence electrons. The number of fused-ring (bicyclic) bond motifs is 1. The Labute approximate surface area is 127 Å². The second kappa shape index (κ2) is 6.05. The SMILES string of the molecule is COc1ccc(NC(=O)[C@H]2COc3ccccc3C2)cc1F. The second-order valence-electron chi connectivity index (χ2n) is 5.16. The summed E-state index contributed by atoms with van der Waals surface area (Å²) in [5.74, 6) is -0.0142. The van der Waals surface area contributed by atoms with Gasteiger partial charge in [-0.15, -0.1) is 0 Å². The van der Waals surface area contributed by atoms with Gasteiger partial charge in [-0.05, 0) is 30.2 Å². The van der Waals surface area contributed by atoms with Gasteiger partial charge in [-0.1, -0.05) is 18.2 Å². The van der Waals surface area contributed by atoms with Gasteiger partial charge in [0.05, 0.1) is 13.0 Å². The van der Waals surface area contributed by atoms with E-state index < -0.39 is 5.82 Å². The monoisotopic (exact) mass is 301 g/mol. The van der Waals surface area contributed by atoms with E-state index in [1.165, 1.54) is 19.2 Å². The lowest BCUT2D eigenvalue weighted by molar-refractivity contribution is -0.121. The van der Waals surface area contributed by atoms with E-state index in [1.54, 1.807) is 6.07 Å². The zero-order valence-corrected chi connectivity index (χ0v) is 12.1. The Hall–Kier alpha value is -2.56. The third-order valence-electron chi connectivity index (χ3n) is 3.67. The zero-order chi connectivity index (χ0) is 15.5. The maximum absolute atomic E-state index is 13.6. The second-order valence-corrected chi connectivity index (χ2v) is 5.16. The molecule has 0 bridgehead atoms. The Morgan fingerprint density at radius 2 is 2.14 bits per heavy atom. The lowest BCUT2D eigenvalue weighted by atomic mass is 9.96. The molecule has 1 atom stereocenters. The Morgan fingerprint density at radius 3 is 2.91 bits per heavy atom. The first kappa shape index (κ1) is 14.4. The van der Waals surface area contributed by atoms with Crippen molar-refractivity contribution >= 4 is 11.6 Å². The van der Waals surface area contributed by atoms with Crippen molar-refractivity contribution in [1.82, 2.24) is 0 Å². The molecule has 4 nitrogen and oxygen atoms in total. The smallest absolute Gasteiger partial charge is 0.231 e. The topological polar surface area (TPSA) is 47.6 Å². The summed E-state index contributed by atoms with van der Waals surface area (Å²) < 4.78 is 24.1. The van der Waals surface area contributed by atoms with Crippen LogP contribution < -0.4 is 14.8 Å². The van der Waals surface area contributed by atoms with E-state index in [2.05, 4.69) is 5.32 Å². The number of nitrogens with one attached hydrogen (secondary N) is 1. The largest absolute Gasteiger partial charge is 0.494 e. The molecule has 1 aliphatic heterocycles. The molecule has 5 heteroatoms. The van der Waals surface area contributed by atoms with Crippen molar-refractivity contribution in [1.29, 1.82) is 0 Å². The summed E-state index contributed by atoms with van der Waals surface area (Å²) in [6, 6.07) is 12.0. The fourth-order valence-electron chi connectivity index (χ4n) is 2.48. The predicted molar refractivity (Wildman–Crippen MR) is 80.7 cm³/mol. The summed E-state index contributed by atoms with van der Waals surface area (Å²) in [7, 11) is 1.40. The van der Waals surface area contributed by atoms with Crippen molar-refractivity contribution in [2.24, 2.45) is 5.92 Å². The Morgan fingerprint density at radius 1 is 1.32 bits per heavy atom. The molecule has 1 heterocycles. The van der Waals surface area contributed by atoms with E-state index in [0.717, 1.165) is 11.3 Å². The first-order chi connectivity index (χ1) is 10.7. The molecule has 0 radical (unpaired) electrons. The van der Waals surface area contributed by atoms with E-state index in [-0.39, 0.29) is 17.6 Å². The van der Waals surface area contributed by atoms with Crippen molar-refractivity contribution < 1.29 is 18.7 Å². The molecule has 1 amide bonds. The van der Waals surface area contributed by atoms with E-state index >= 15 is 0 Å². The van der Waals surface area contributed by atoms with Crippen LogP contribution in [0.15, 0.2) is 42.5 Å². The van der Waals surface area contributed by atoms with Crippen LogP contribution >= 0.6 is 0 Å². The minimum absolute atomic E-state index is 0.146. The van der Waals surface area contributed by atoms with Crippen molar-refractivity contribution in [2.75, 3.05) is 19.0 Å². The number of ether oxygens (including phenoxy) is 2. The number of amides is 1. The molecule has 0 aliphatic carbocycles. The standard InChI is InChI=1S/C17H16FNO3/c1-21-16-7-6-13(9-14(16)18)19-17(20)12-8-11-4-2-3-5-15(11)22-10-12/h2-7,9,12H,8,10H2,1H3,(H,19,20)/t12-/m1/s1. The van der Waals surface area contributed by atoms with Crippen molar-refractivity contribution in [3.05, 3.63) is 53.8 Å². The number of rotatable bonds is 3. The molecule has 0 fully saturated rings. The molecular formula is C17H16FNO3. The number of para-hydroxylation sites is 1. The van der Waals surface area contributed by atoms with E-state index in [4.69, 9.17) is 9.47 Å². The average Bonchev–Trinajstić information content (AvgIpc) is 2.54. The number of benzene rings is 2. The molecular weight excluding hydrogens is 285 g/mol. The van der Waals surface area contributed by atoms with Gasteiger partial charge in [0, 0.05) is 11.8 Å². The van der Waals surface area contributed by atoms with Gasteiger partial charge in [0.1, 0.15) is 12.4 Å². The number of carbonyl (C=O) groups excluding carboxylic acids is 1. The minimum atomic E-state index is -0.509. The number of halogens is 1. The molecule has 0 aromatic heterocycles. The maximum atomic E-state index is 13.6. The molecule has 1 aliphatic rings. The van der Waals surface area contributed by atoms with Gasteiger partial charge in [0.15, 0.2) is 11.6 Å². The van der Waals surface area contributed by atoms with Crippen LogP contribution in [0.25, 0.3) is 0 Å². The van der Waals surface area contributed by atoms with Crippen LogP contribution in [0.3, 0.4) is 0 Å². The van der Waals surface area contributed by atoms with Gasteiger partial charge in [-0.25, -0.2) is 4.39 Å². The van der Waals surface area contributed by atoms with Gasteiger partial charge >= 0.3 is 0 Å². The molecule has 0 saturated heterocycles. The first-order valence-electron chi connectivity index (χ1n) is 7.02. The highest BCUT2D eigenvalue weighted by molar-refractivity contribution is 5.93. The molecule has 0 unspecified atom stereocenters. The van der Waals surface area contributed by atoms with E-state index in [9.17, 15) is 9.18 Å². The highest BCUT2D eigenvalue weighted by Gasteiger charge is 2.25. The lowest BCUT2D eigenvalue weighted by Crippen LogP contribution is -2.32. The molecule has 22 heavy (non-hydrogen) atoms. The van der Waals surface area contributed by atoms with E-state index in [0.29, 0.717) is 18.7 Å². The van der Waals surface area contributed by atoms with Crippen molar-refractivity contribution in [2.45, 2.75) is 6.42 Å². The van der Waals surface area contributed by atoms with Crippen LogP contribution in [0, 0.1) is 11.7 Å².